The Hall–Kier alpha value is -0.910. The first kappa shape index (κ1) is 17.1. The Balaban J connectivity index is 2.72. The zero-order valence-corrected chi connectivity index (χ0v) is 13.4. The highest BCUT2D eigenvalue weighted by molar-refractivity contribution is 7.87. The molecular formula is C13H20N2O3S2. The standard InChI is InChI=1S/C13H20N2O3S2/c1-3-15(4-2)20(17,18)14-11-13-12(8-10-19-13)7-5-6-9-16/h8,10,14,16H,3-4,6,9,11H2,1-2H3. The van der Waals surface area contributed by atoms with Gasteiger partial charge in [0.2, 0.25) is 0 Å². The lowest BCUT2D eigenvalue weighted by molar-refractivity contribution is 0.305. The monoisotopic (exact) mass is 316 g/mol. The molecule has 0 atom stereocenters. The summed E-state index contributed by atoms with van der Waals surface area (Å²) in [7, 11) is -3.44. The zero-order chi connectivity index (χ0) is 15.0. The molecule has 0 spiro atoms. The predicted molar refractivity (Wildman–Crippen MR) is 81.6 cm³/mol. The predicted octanol–water partition coefficient (Wildman–Crippen LogP) is 1.16. The highest BCUT2D eigenvalue weighted by atomic mass is 32.2. The maximum absolute atomic E-state index is 12.0. The first-order chi connectivity index (χ1) is 9.55. The van der Waals surface area contributed by atoms with E-state index in [2.05, 4.69) is 16.6 Å². The molecule has 7 heteroatoms. The first-order valence-electron chi connectivity index (χ1n) is 6.46. The second kappa shape index (κ2) is 8.39. The Bertz CT molecular complexity index is 566. The third-order valence-corrected chi connectivity index (χ3v) is 5.29. The van der Waals surface area contributed by atoms with E-state index in [1.54, 1.807) is 13.8 Å². The average Bonchev–Trinajstić information content (AvgIpc) is 2.85. The average molecular weight is 316 g/mol. The van der Waals surface area contributed by atoms with Crippen molar-refractivity contribution in [2.24, 2.45) is 0 Å². The van der Waals surface area contributed by atoms with Crippen molar-refractivity contribution in [3.05, 3.63) is 21.9 Å². The molecule has 0 aromatic carbocycles. The Morgan fingerprint density at radius 2 is 2.10 bits per heavy atom. The largest absolute Gasteiger partial charge is 0.395 e. The number of thiophene rings is 1. The minimum atomic E-state index is -3.44. The fourth-order valence-corrected chi connectivity index (χ4v) is 3.66. The van der Waals surface area contributed by atoms with Gasteiger partial charge in [-0.1, -0.05) is 25.7 Å². The summed E-state index contributed by atoms with van der Waals surface area (Å²) in [5.74, 6) is 5.78. The molecule has 0 radical (unpaired) electrons. The summed E-state index contributed by atoms with van der Waals surface area (Å²) in [6, 6.07) is 1.86. The third-order valence-electron chi connectivity index (χ3n) is 2.67. The van der Waals surface area contributed by atoms with Gasteiger partial charge in [0.1, 0.15) is 0 Å². The van der Waals surface area contributed by atoms with Crippen LogP contribution in [0, 0.1) is 11.8 Å². The molecule has 1 aromatic heterocycles. The van der Waals surface area contributed by atoms with E-state index in [1.165, 1.54) is 15.6 Å². The maximum Gasteiger partial charge on any atom is 0.279 e. The van der Waals surface area contributed by atoms with E-state index in [0.29, 0.717) is 19.5 Å². The molecule has 1 heterocycles. The number of aliphatic hydroxyl groups excluding tert-OH is 1. The van der Waals surface area contributed by atoms with Crippen LogP contribution in [-0.4, -0.2) is 37.5 Å². The van der Waals surface area contributed by atoms with Crippen molar-refractivity contribution >= 4 is 21.5 Å². The fraction of sp³-hybridized carbons (Fsp3) is 0.538. The van der Waals surface area contributed by atoms with E-state index in [-0.39, 0.29) is 13.2 Å². The molecule has 0 unspecified atom stereocenters. The summed E-state index contributed by atoms with van der Waals surface area (Å²) in [6.07, 6.45) is 0.417. The van der Waals surface area contributed by atoms with Gasteiger partial charge >= 0.3 is 0 Å². The lowest BCUT2D eigenvalue weighted by Crippen LogP contribution is -2.40. The first-order valence-corrected chi connectivity index (χ1v) is 8.78. The van der Waals surface area contributed by atoms with Gasteiger partial charge in [0.05, 0.1) is 6.61 Å². The summed E-state index contributed by atoms with van der Waals surface area (Å²) in [5, 5.41) is 10.6. The van der Waals surface area contributed by atoms with Gasteiger partial charge in [0.25, 0.3) is 10.2 Å². The molecule has 20 heavy (non-hydrogen) atoms. The van der Waals surface area contributed by atoms with Gasteiger partial charge in [0, 0.05) is 36.5 Å². The van der Waals surface area contributed by atoms with Crippen molar-refractivity contribution in [1.82, 2.24) is 9.03 Å². The molecule has 0 aliphatic heterocycles. The maximum atomic E-state index is 12.0. The lowest BCUT2D eigenvalue weighted by Gasteiger charge is -2.18. The number of nitrogens with one attached hydrogen (secondary N) is 1. The third kappa shape index (κ3) is 4.89. The normalized spacial score (nSPS) is 11.4. The molecule has 0 bridgehead atoms. The van der Waals surface area contributed by atoms with Crippen molar-refractivity contribution in [3.63, 3.8) is 0 Å². The topological polar surface area (TPSA) is 69.6 Å². The quantitative estimate of drug-likeness (QED) is 0.742. The Labute approximate surface area is 124 Å². The van der Waals surface area contributed by atoms with Crippen LogP contribution in [-0.2, 0) is 16.8 Å². The molecule has 1 rings (SSSR count). The summed E-state index contributed by atoms with van der Waals surface area (Å²) < 4.78 is 28.0. The van der Waals surface area contributed by atoms with Gasteiger partial charge < -0.3 is 5.11 Å². The number of aliphatic hydroxyl groups is 1. The molecule has 1 aromatic rings. The van der Waals surface area contributed by atoms with E-state index in [9.17, 15) is 8.42 Å². The van der Waals surface area contributed by atoms with Gasteiger partial charge in [-0.15, -0.1) is 11.3 Å². The van der Waals surface area contributed by atoms with E-state index in [1.807, 2.05) is 11.4 Å². The van der Waals surface area contributed by atoms with Gasteiger partial charge in [-0.05, 0) is 11.4 Å². The molecule has 5 nitrogen and oxygen atoms in total. The van der Waals surface area contributed by atoms with Gasteiger partial charge in [-0.25, -0.2) is 0 Å². The lowest BCUT2D eigenvalue weighted by atomic mass is 10.2. The van der Waals surface area contributed by atoms with E-state index >= 15 is 0 Å². The molecule has 0 fully saturated rings. The molecule has 2 N–H and O–H groups in total. The van der Waals surface area contributed by atoms with Crippen molar-refractivity contribution < 1.29 is 13.5 Å². The highest BCUT2D eigenvalue weighted by Gasteiger charge is 2.18. The number of nitrogens with zero attached hydrogens (tertiary/aromatic N) is 1. The molecule has 0 saturated carbocycles. The van der Waals surface area contributed by atoms with Crippen molar-refractivity contribution in [3.8, 4) is 11.8 Å². The van der Waals surface area contributed by atoms with Gasteiger partial charge in [-0.3, -0.25) is 0 Å². The summed E-state index contributed by atoms with van der Waals surface area (Å²) in [4.78, 5) is 0.881. The summed E-state index contributed by atoms with van der Waals surface area (Å²) in [6.45, 7) is 4.76. The minimum absolute atomic E-state index is 0.0288. The van der Waals surface area contributed by atoms with Gasteiger partial charge in [-0.2, -0.15) is 17.4 Å². The number of hydrogen-bond acceptors (Lipinski definition) is 4. The SMILES string of the molecule is CCN(CC)S(=O)(=O)NCc1sccc1C#CCCO. The Morgan fingerprint density at radius 3 is 2.70 bits per heavy atom. The van der Waals surface area contributed by atoms with Crippen molar-refractivity contribution in [2.45, 2.75) is 26.8 Å². The van der Waals surface area contributed by atoms with Crippen LogP contribution < -0.4 is 4.72 Å². The Kier molecular flexibility index (Phi) is 7.19. The van der Waals surface area contributed by atoms with Crippen LogP contribution in [0.15, 0.2) is 11.4 Å². The molecule has 112 valence electrons. The highest BCUT2D eigenvalue weighted by Crippen LogP contribution is 2.16. The number of rotatable bonds is 7. The van der Waals surface area contributed by atoms with Crippen LogP contribution >= 0.6 is 11.3 Å². The van der Waals surface area contributed by atoms with Crippen LogP contribution in [0.4, 0.5) is 0 Å². The van der Waals surface area contributed by atoms with Crippen molar-refractivity contribution in [1.29, 1.82) is 0 Å². The second-order valence-electron chi connectivity index (χ2n) is 3.94. The smallest absolute Gasteiger partial charge is 0.279 e. The molecule has 0 aliphatic rings. The van der Waals surface area contributed by atoms with Crippen LogP contribution in [0.25, 0.3) is 0 Å². The second-order valence-corrected chi connectivity index (χ2v) is 6.70. The fourth-order valence-electron chi connectivity index (χ4n) is 1.61. The van der Waals surface area contributed by atoms with Crippen LogP contribution in [0.1, 0.15) is 30.7 Å². The molecule has 0 amide bonds. The summed E-state index contributed by atoms with van der Waals surface area (Å²) >= 11 is 1.46. The van der Waals surface area contributed by atoms with E-state index < -0.39 is 10.2 Å². The van der Waals surface area contributed by atoms with E-state index in [0.717, 1.165) is 10.4 Å². The van der Waals surface area contributed by atoms with E-state index in [4.69, 9.17) is 5.11 Å². The zero-order valence-electron chi connectivity index (χ0n) is 11.7. The Morgan fingerprint density at radius 1 is 1.40 bits per heavy atom. The van der Waals surface area contributed by atoms with Crippen molar-refractivity contribution in [2.75, 3.05) is 19.7 Å². The van der Waals surface area contributed by atoms with Crippen LogP contribution in [0.3, 0.4) is 0 Å². The molecule has 0 saturated heterocycles. The molecule has 0 aliphatic carbocycles. The van der Waals surface area contributed by atoms with Crippen LogP contribution in [0.5, 0.6) is 0 Å². The minimum Gasteiger partial charge on any atom is -0.395 e. The summed E-state index contributed by atoms with van der Waals surface area (Å²) in [5.41, 5.74) is 0.811. The molecular weight excluding hydrogens is 296 g/mol. The van der Waals surface area contributed by atoms with Gasteiger partial charge in [0.15, 0.2) is 0 Å². The van der Waals surface area contributed by atoms with Crippen LogP contribution in [0.2, 0.25) is 0 Å². The number of hydrogen-bond donors (Lipinski definition) is 2.